The molecule has 118 valence electrons. The number of benzene rings is 1. The predicted octanol–water partition coefficient (Wildman–Crippen LogP) is 2.16. The van der Waals surface area contributed by atoms with Crippen molar-refractivity contribution in [3.63, 3.8) is 0 Å². The van der Waals surface area contributed by atoms with Crippen molar-refractivity contribution in [3.05, 3.63) is 35.7 Å². The third-order valence-corrected chi connectivity index (χ3v) is 4.49. The van der Waals surface area contributed by atoms with Crippen molar-refractivity contribution >= 4 is 5.69 Å². The minimum absolute atomic E-state index is 0.264. The summed E-state index contributed by atoms with van der Waals surface area (Å²) < 4.78 is 1.77. The van der Waals surface area contributed by atoms with Crippen LogP contribution in [0.25, 0.3) is 0 Å². The highest BCUT2D eigenvalue weighted by molar-refractivity contribution is 5.46. The van der Waals surface area contributed by atoms with Crippen molar-refractivity contribution in [2.45, 2.75) is 38.8 Å². The van der Waals surface area contributed by atoms with Crippen LogP contribution in [0.3, 0.4) is 0 Å². The fourth-order valence-corrected chi connectivity index (χ4v) is 3.16. The molecule has 0 spiro atoms. The molecular weight excluding hydrogens is 276 g/mol. The molecule has 0 radical (unpaired) electrons. The lowest BCUT2D eigenvalue weighted by molar-refractivity contribution is 0.159. The highest BCUT2D eigenvalue weighted by Gasteiger charge is 2.26. The molecule has 1 N–H and O–H groups in total. The summed E-state index contributed by atoms with van der Waals surface area (Å²) in [5, 5.41) is 15.5. The number of aromatic nitrogens is 4. The summed E-state index contributed by atoms with van der Waals surface area (Å²) in [6.45, 7) is 6.44. The molecule has 0 amide bonds. The number of piperidine rings is 1. The van der Waals surface area contributed by atoms with E-state index in [0.717, 1.165) is 31.8 Å². The Hall–Kier alpha value is -1.95. The van der Waals surface area contributed by atoms with E-state index < -0.39 is 0 Å². The third kappa shape index (κ3) is 3.27. The van der Waals surface area contributed by atoms with Gasteiger partial charge in [-0.05, 0) is 54.8 Å². The van der Waals surface area contributed by atoms with Gasteiger partial charge in [-0.3, -0.25) is 4.90 Å². The van der Waals surface area contributed by atoms with E-state index in [-0.39, 0.29) is 6.04 Å². The van der Waals surface area contributed by atoms with Crippen molar-refractivity contribution in [3.8, 4) is 0 Å². The van der Waals surface area contributed by atoms with E-state index in [1.54, 1.807) is 4.68 Å². The van der Waals surface area contributed by atoms with Crippen LogP contribution in [0, 0.1) is 6.92 Å². The molecule has 0 bridgehead atoms. The standard InChI is InChI=1S/C16H24N6/c1-12-5-4-6-15(11-12)17-14-7-9-22(10-8-14)13(2)16-18-19-20-21(16)3/h4-6,11,13-14,17H,7-10H2,1-3H3/t13-/m1/s1. The number of hydrogen-bond donors (Lipinski definition) is 1. The maximum Gasteiger partial charge on any atom is 0.167 e. The summed E-state index contributed by atoms with van der Waals surface area (Å²) in [5.41, 5.74) is 2.52. The Kier molecular flexibility index (Phi) is 4.38. The monoisotopic (exact) mass is 300 g/mol. The van der Waals surface area contributed by atoms with Crippen LogP contribution >= 0.6 is 0 Å². The molecule has 0 unspecified atom stereocenters. The molecule has 1 fully saturated rings. The molecule has 3 rings (SSSR count). The first-order valence-corrected chi connectivity index (χ1v) is 7.93. The molecule has 0 aliphatic carbocycles. The van der Waals surface area contributed by atoms with Gasteiger partial charge in [0, 0.05) is 31.9 Å². The molecule has 1 saturated heterocycles. The van der Waals surface area contributed by atoms with E-state index in [2.05, 4.69) is 63.9 Å². The first-order chi connectivity index (χ1) is 10.6. The van der Waals surface area contributed by atoms with Crippen LogP contribution in [0.4, 0.5) is 5.69 Å². The smallest absolute Gasteiger partial charge is 0.167 e. The van der Waals surface area contributed by atoms with Crippen molar-refractivity contribution in [1.82, 2.24) is 25.1 Å². The topological polar surface area (TPSA) is 58.9 Å². The van der Waals surface area contributed by atoms with Gasteiger partial charge in [-0.15, -0.1) is 5.10 Å². The molecule has 0 saturated carbocycles. The number of tetrazole rings is 1. The second-order valence-corrected chi connectivity index (χ2v) is 6.16. The fourth-order valence-electron chi connectivity index (χ4n) is 3.16. The minimum atomic E-state index is 0.264. The zero-order chi connectivity index (χ0) is 15.5. The average molecular weight is 300 g/mol. The molecule has 1 aromatic carbocycles. The number of aryl methyl sites for hydroxylation is 2. The third-order valence-electron chi connectivity index (χ3n) is 4.49. The van der Waals surface area contributed by atoms with Crippen LogP contribution in [0.2, 0.25) is 0 Å². The fraction of sp³-hybridized carbons (Fsp3) is 0.562. The molecule has 2 heterocycles. The van der Waals surface area contributed by atoms with Gasteiger partial charge in [0.25, 0.3) is 0 Å². The van der Waals surface area contributed by atoms with Crippen LogP contribution in [0.1, 0.15) is 37.2 Å². The Morgan fingerprint density at radius 1 is 1.27 bits per heavy atom. The van der Waals surface area contributed by atoms with Gasteiger partial charge < -0.3 is 5.32 Å². The average Bonchev–Trinajstić information content (AvgIpc) is 2.93. The number of hydrogen-bond acceptors (Lipinski definition) is 5. The van der Waals surface area contributed by atoms with Gasteiger partial charge in [-0.25, -0.2) is 4.68 Å². The van der Waals surface area contributed by atoms with E-state index in [9.17, 15) is 0 Å². The van der Waals surface area contributed by atoms with Crippen LogP contribution in [-0.4, -0.2) is 44.2 Å². The lowest BCUT2D eigenvalue weighted by atomic mass is 10.0. The normalized spacial score (nSPS) is 18.3. The van der Waals surface area contributed by atoms with Gasteiger partial charge in [0.1, 0.15) is 0 Å². The molecule has 6 heteroatoms. The van der Waals surface area contributed by atoms with Gasteiger partial charge in [-0.2, -0.15) is 0 Å². The molecule has 2 aromatic rings. The minimum Gasteiger partial charge on any atom is -0.382 e. The van der Waals surface area contributed by atoms with Crippen LogP contribution < -0.4 is 5.32 Å². The zero-order valence-electron chi connectivity index (χ0n) is 13.5. The van der Waals surface area contributed by atoms with Gasteiger partial charge in [0.2, 0.25) is 0 Å². The summed E-state index contributed by atoms with van der Waals surface area (Å²) in [5.74, 6) is 0.935. The van der Waals surface area contributed by atoms with Gasteiger partial charge in [-0.1, -0.05) is 12.1 Å². The van der Waals surface area contributed by atoms with E-state index >= 15 is 0 Å². The van der Waals surface area contributed by atoms with Gasteiger partial charge >= 0.3 is 0 Å². The second-order valence-electron chi connectivity index (χ2n) is 6.16. The summed E-state index contributed by atoms with van der Waals surface area (Å²) in [6, 6.07) is 9.40. The Bertz CT molecular complexity index is 615. The summed E-state index contributed by atoms with van der Waals surface area (Å²) in [4.78, 5) is 2.46. The highest BCUT2D eigenvalue weighted by Crippen LogP contribution is 2.24. The van der Waals surface area contributed by atoms with Crippen molar-refractivity contribution in [2.75, 3.05) is 18.4 Å². The summed E-state index contributed by atoms with van der Waals surface area (Å²) in [6.07, 6.45) is 2.28. The Morgan fingerprint density at radius 3 is 2.68 bits per heavy atom. The second kappa shape index (κ2) is 6.44. The Balaban J connectivity index is 1.55. The molecule has 6 nitrogen and oxygen atoms in total. The first kappa shape index (κ1) is 15.0. The van der Waals surface area contributed by atoms with Crippen LogP contribution in [0.15, 0.2) is 24.3 Å². The molecule has 1 aromatic heterocycles. The van der Waals surface area contributed by atoms with E-state index in [1.165, 1.54) is 11.3 Å². The molecule has 22 heavy (non-hydrogen) atoms. The van der Waals surface area contributed by atoms with E-state index in [1.807, 2.05) is 7.05 Å². The van der Waals surface area contributed by atoms with Crippen molar-refractivity contribution < 1.29 is 0 Å². The molecule has 1 atom stereocenters. The lowest BCUT2D eigenvalue weighted by Gasteiger charge is -2.35. The summed E-state index contributed by atoms with van der Waals surface area (Å²) in [7, 11) is 1.90. The molecular formula is C16H24N6. The quantitative estimate of drug-likeness (QED) is 0.937. The molecule has 1 aliphatic heterocycles. The maximum atomic E-state index is 4.13. The van der Waals surface area contributed by atoms with Crippen LogP contribution in [-0.2, 0) is 7.05 Å². The highest BCUT2D eigenvalue weighted by atomic mass is 15.5. The maximum absolute atomic E-state index is 4.13. The first-order valence-electron chi connectivity index (χ1n) is 7.93. The van der Waals surface area contributed by atoms with E-state index in [4.69, 9.17) is 0 Å². The summed E-state index contributed by atoms with van der Waals surface area (Å²) >= 11 is 0. The number of likely N-dealkylation sites (tertiary alicyclic amines) is 1. The zero-order valence-corrected chi connectivity index (χ0v) is 13.5. The predicted molar refractivity (Wildman–Crippen MR) is 86.6 cm³/mol. The number of nitrogens with one attached hydrogen (secondary N) is 1. The van der Waals surface area contributed by atoms with Crippen molar-refractivity contribution in [2.24, 2.45) is 7.05 Å². The number of nitrogens with zero attached hydrogens (tertiary/aromatic N) is 5. The molecule has 1 aliphatic rings. The van der Waals surface area contributed by atoms with Gasteiger partial charge in [0.15, 0.2) is 5.82 Å². The van der Waals surface area contributed by atoms with Crippen LogP contribution in [0.5, 0.6) is 0 Å². The van der Waals surface area contributed by atoms with E-state index in [0.29, 0.717) is 6.04 Å². The Labute approximate surface area is 131 Å². The number of rotatable bonds is 4. The lowest BCUT2D eigenvalue weighted by Crippen LogP contribution is -2.41. The van der Waals surface area contributed by atoms with Gasteiger partial charge in [0.05, 0.1) is 6.04 Å². The Morgan fingerprint density at radius 2 is 2.05 bits per heavy atom. The largest absolute Gasteiger partial charge is 0.382 e. The number of anilines is 1. The SMILES string of the molecule is Cc1cccc(NC2CCN([C@H](C)c3nnnn3C)CC2)c1. The van der Waals surface area contributed by atoms with Crippen molar-refractivity contribution in [1.29, 1.82) is 0 Å².